The highest BCUT2D eigenvalue weighted by Crippen LogP contribution is 2.20. The van der Waals surface area contributed by atoms with Gasteiger partial charge in [-0.1, -0.05) is 0 Å². The van der Waals surface area contributed by atoms with Gasteiger partial charge >= 0.3 is 6.09 Å². The van der Waals surface area contributed by atoms with E-state index in [0.29, 0.717) is 11.0 Å². The van der Waals surface area contributed by atoms with Crippen LogP contribution in [0.4, 0.5) is 10.7 Å². The fraction of sp³-hybridized carbons (Fsp3) is 0.0833. The molecule has 2 heterocycles. The Morgan fingerprint density at radius 3 is 2.91 bits per heavy atom. The second-order valence-electron chi connectivity index (χ2n) is 4.28. The van der Waals surface area contributed by atoms with Crippen molar-refractivity contribution in [1.29, 1.82) is 0 Å². The molecule has 0 aliphatic rings. The van der Waals surface area contributed by atoms with E-state index in [-0.39, 0.29) is 10.8 Å². The minimum absolute atomic E-state index is 0.0752. The predicted molar refractivity (Wildman–Crippen MR) is 76.9 cm³/mol. The maximum atomic E-state index is 12.4. The first-order valence-corrected chi connectivity index (χ1v) is 7.53. The second kappa shape index (κ2) is 5.15. The second-order valence-corrected chi connectivity index (χ2v) is 6.12. The van der Waals surface area contributed by atoms with E-state index in [4.69, 9.17) is 0 Å². The number of rotatable bonds is 3. The molecule has 0 saturated carbocycles. The fourth-order valence-corrected chi connectivity index (χ4v) is 3.01. The average Bonchev–Trinajstić information content (AvgIpc) is 3.15. The number of benzene rings is 1. The molecule has 0 unspecified atom stereocenters. The molecule has 1 aromatic carbocycles. The highest BCUT2D eigenvalue weighted by atomic mass is 32.2. The van der Waals surface area contributed by atoms with Gasteiger partial charge in [-0.25, -0.2) is 27.2 Å². The van der Waals surface area contributed by atoms with Crippen LogP contribution in [-0.2, 0) is 14.8 Å². The number of hydrogen-bond acceptors (Lipinski definition) is 6. The van der Waals surface area contributed by atoms with Gasteiger partial charge in [-0.05, 0) is 18.2 Å². The largest absolute Gasteiger partial charge is 0.453 e. The number of hydrogen-bond donors (Lipinski definition) is 2. The summed E-state index contributed by atoms with van der Waals surface area (Å²) in [5, 5.41) is 2.37. The number of imidazole rings is 2. The summed E-state index contributed by atoms with van der Waals surface area (Å²) in [6, 6.07) is 4.40. The van der Waals surface area contributed by atoms with E-state index >= 15 is 0 Å². The average molecular weight is 321 g/mol. The summed E-state index contributed by atoms with van der Waals surface area (Å²) in [5.41, 5.74) is 0.976. The monoisotopic (exact) mass is 321 g/mol. The molecule has 0 aliphatic heterocycles. The van der Waals surface area contributed by atoms with E-state index in [1.54, 1.807) is 0 Å². The Bertz CT molecular complexity index is 930. The van der Waals surface area contributed by atoms with Crippen molar-refractivity contribution in [3.05, 3.63) is 36.9 Å². The van der Waals surface area contributed by atoms with Gasteiger partial charge in [0.25, 0.3) is 10.0 Å². The van der Waals surface area contributed by atoms with Gasteiger partial charge < -0.3 is 9.72 Å². The topological polar surface area (TPSA) is 119 Å². The molecule has 3 rings (SSSR count). The van der Waals surface area contributed by atoms with Gasteiger partial charge in [-0.3, -0.25) is 5.32 Å². The van der Waals surface area contributed by atoms with Crippen LogP contribution >= 0.6 is 0 Å². The number of carbonyl (C=O) groups is 1. The first-order chi connectivity index (χ1) is 10.5. The van der Waals surface area contributed by atoms with Gasteiger partial charge in [-0.2, -0.15) is 0 Å². The lowest BCUT2D eigenvalue weighted by atomic mass is 10.3. The van der Waals surface area contributed by atoms with E-state index in [9.17, 15) is 13.2 Å². The number of fused-ring (bicyclic) bond motifs is 1. The zero-order chi connectivity index (χ0) is 15.7. The molecular formula is C12H11N5O4S. The van der Waals surface area contributed by atoms with E-state index < -0.39 is 16.1 Å². The summed E-state index contributed by atoms with van der Waals surface area (Å²) < 4.78 is 30.2. The van der Waals surface area contributed by atoms with E-state index in [1.165, 1.54) is 44.0 Å². The molecule has 22 heavy (non-hydrogen) atoms. The van der Waals surface area contributed by atoms with Gasteiger partial charge in [0, 0.05) is 12.4 Å². The quantitative estimate of drug-likeness (QED) is 0.747. The van der Waals surface area contributed by atoms with Gasteiger partial charge in [0.2, 0.25) is 5.95 Å². The normalized spacial score (nSPS) is 11.5. The number of ether oxygens (including phenoxy) is 1. The summed E-state index contributed by atoms with van der Waals surface area (Å²) in [6.45, 7) is 0. The highest BCUT2D eigenvalue weighted by Gasteiger charge is 2.17. The van der Waals surface area contributed by atoms with Gasteiger partial charge in [0.1, 0.15) is 6.33 Å². The Labute approximate surface area is 125 Å². The Morgan fingerprint density at radius 1 is 1.41 bits per heavy atom. The maximum absolute atomic E-state index is 12.4. The van der Waals surface area contributed by atoms with Crippen molar-refractivity contribution in [3.8, 4) is 0 Å². The third-order valence-corrected chi connectivity index (χ3v) is 4.54. The smallest absolute Gasteiger partial charge is 0.413 e. The molecule has 10 heteroatoms. The maximum Gasteiger partial charge on any atom is 0.413 e. The Morgan fingerprint density at radius 2 is 2.23 bits per heavy atom. The Kier molecular flexibility index (Phi) is 3.29. The van der Waals surface area contributed by atoms with Gasteiger partial charge in [-0.15, -0.1) is 0 Å². The first-order valence-electron chi connectivity index (χ1n) is 6.09. The summed E-state index contributed by atoms with van der Waals surface area (Å²) in [7, 11) is -2.48. The van der Waals surface area contributed by atoms with E-state index in [2.05, 4.69) is 25.0 Å². The number of aromatic amines is 1. The van der Waals surface area contributed by atoms with Crippen LogP contribution in [0.3, 0.4) is 0 Å². The number of anilines is 1. The van der Waals surface area contributed by atoms with Crippen LogP contribution < -0.4 is 5.32 Å². The minimum Gasteiger partial charge on any atom is -0.453 e. The molecule has 0 aliphatic carbocycles. The lowest BCUT2D eigenvalue weighted by Crippen LogP contribution is -2.11. The number of methoxy groups -OCH3 is 1. The molecule has 114 valence electrons. The number of H-pyrrole nitrogens is 1. The van der Waals surface area contributed by atoms with Crippen molar-refractivity contribution >= 4 is 33.1 Å². The van der Waals surface area contributed by atoms with Crippen molar-refractivity contribution in [2.75, 3.05) is 12.4 Å². The number of amides is 1. The van der Waals surface area contributed by atoms with Crippen molar-refractivity contribution in [2.24, 2.45) is 0 Å². The zero-order valence-corrected chi connectivity index (χ0v) is 12.2. The van der Waals surface area contributed by atoms with E-state index in [1.807, 2.05) is 0 Å². The molecule has 0 saturated heterocycles. The number of nitrogens with zero attached hydrogens (tertiary/aromatic N) is 3. The van der Waals surface area contributed by atoms with Crippen LogP contribution in [0.15, 0.2) is 41.8 Å². The zero-order valence-electron chi connectivity index (χ0n) is 11.3. The first kappa shape index (κ1) is 14.1. The van der Waals surface area contributed by atoms with Crippen molar-refractivity contribution < 1.29 is 17.9 Å². The van der Waals surface area contributed by atoms with Crippen LogP contribution in [0, 0.1) is 0 Å². The summed E-state index contributed by atoms with van der Waals surface area (Å²) in [4.78, 5) is 21.9. The standard InChI is InChI=1S/C12H11N5O4S/c1-21-12(18)16-11-14-9-3-2-8(6-10(9)15-11)22(19,20)17-5-4-13-7-17/h2-7H,1H3,(H2,14,15,16,18). The lowest BCUT2D eigenvalue weighted by molar-refractivity contribution is 0.186. The van der Waals surface area contributed by atoms with Gasteiger partial charge in [0.05, 0.1) is 23.0 Å². The summed E-state index contributed by atoms with van der Waals surface area (Å²) >= 11 is 0. The van der Waals surface area contributed by atoms with Gasteiger partial charge in [0.15, 0.2) is 0 Å². The minimum atomic E-state index is -3.71. The summed E-state index contributed by atoms with van der Waals surface area (Å²) in [6.07, 6.45) is 3.25. The highest BCUT2D eigenvalue weighted by molar-refractivity contribution is 7.90. The molecule has 0 fully saturated rings. The molecule has 1 amide bonds. The third kappa shape index (κ3) is 2.39. The van der Waals surface area contributed by atoms with Crippen molar-refractivity contribution in [3.63, 3.8) is 0 Å². The molecule has 0 bridgehead atoms. The molecular weight excluding hydrogens is 310 g/mol. The number of aromatic nitrogens is 4. The molecule has 0 spiro atoms. The predicted octanol–water partition coefficient (Wildman–Crippen LogP) is 1.17. The van der Waals surface area contributed by atoms with Crippen molar-refractivity contribution in [1.82, 2.24) is 18.9 Å². The molecule has 2 aromatic heterocycles. The number of carbonyl (C=O) groups excluding carboxylic acids is 1. The van der Waals surface area contributed by atoms with Crippen molar-refractivity contribution in [2.45, 2.75) is 4.90 Å². The fourth-order valence-electron chi connectivity index (χ4n) is 1.87. The van der Waals surface area contributed by atoms with Crippen LogP contribution in [0.5, 0.6) is 0 Å². The SMILES string of the molecule is COC(=O)Nc1nc2ccc(S(=O)(=O)n3ccnc3)cc2[nH]1. The van der Waals surface area contributed by atoms with Crippen LogP contribution in [0.1, 0.15) is 0 Å². The Balaban J connectivity index is 2.01. The lowest BCUT2D eigenvalue weighted by Gasteiger charge is -2.04. The third-order valence-electron chi connectivity index (χ3n) is 2.91. The van der Waals surface area contributed by atoms with Crippen LogP contribution in [0.2, 0.25) is 0 Å². The van der Waals surface area contributed by atoms with E-state index in [0.717, 1.165) is 3.97 Å². The molecule has 3 aromatic rings. The van der Waals surface area contributed by atoms with Crippen LogP contribution in [0.25, 0.3) is 11.0 Å². The molecule has 0 radical (unpaired) electrons. The molecule has 2 N–H and O–H groups in total. The van der Waals surface area contributed by atoms with Crippen LogP contribution in [-0.4, -0.2) is 40.5 Å². The summed E-state index contributed by atoms with van der Waals surface area (Å²) in [5.74, 6) is 0.166. The Hall–Kier alpha value is -2.88. The number of nitrogens with one attached hydrogen (secondary N) is 2. The molecule has 9 nitrogen and oxygen atoms in total. The molecule has 0 atom stereocenters.